The summed E-state index contributed by atoms with van der Waals surface area (Å²) in [4.78, 5) is 12.1. The number of carbonyl (C=O) groups excluding carboxylic acids is 1. The number of aromatic nitrogens is 3. The Morgan fingerprint density at radius 2 is 1.97 bits per heavy atom. The first-order valence-corrected chi connectivity index (χ1v) is 9.93. The van der Waals surface area contributed by atoms with Crippen molar-refractivity contribution in [3.63, 3.8) is 0 Å². The number of aryl methyl sites for hydroxylation is 1. The zero-order valence-electron chi connectivity index (χ0n) is 16.0. The van der Waals surface area contributed by atoms with Crippen molar-refractivity contribution in [2.75, 3.05) is 5.75 Å². The van der Waals surface area contributed by atoms with E-state index in [1.165, 1.54) is 41.7 Å². The number of amides is 1. The quantitative estimate of drug-likeness (QED) is 0.313. The lowest BCUT2D eigenvalue weighted by Crippen LogP contribution is -2.20. The summed E-state index contributed by atoms with van der Waals surface area (Å²) < 4.78 is 1.96. The normalized spacial score (nSPS) is 11.1. The summed E-state index contributed by atoms with van der Waals surface area (Å²) in [6, 6.07) is 12.2. The summed E-state index contributed by atoms with van der Waals surface area (Å²) in [5, 5.41) is 31.9. The summed E-state index contributed by atoms with van der Waals surface area (Å²) in [6.45, 7) is 4.71. The largest absolute Gasteiger partial charge is 0.508 e. The van der Waals surface area contributed by atoms with Crippen molar-refractivity contribution < 1.29 is 15.0 Å². The number of carbonyl (C=O) groups is 1. The molecule has 0 aliphatic carbocycles. The van der Waals surface area contributed by atoms with E-state index in [0.717, 1.165) is 11.4 Å². The number of hydrazone groups is 1. The second kappa shape index (κ2) is 9.24. The van der Waals surface area contributed by atoms with Gasteiger partial charge in [0, 0.05) is 23.7 Å². The number of hydrogen-bond donors (Lipinski definition) is 3. The Hall–Kier alpha value is -3.33. The number of rotatable bonds is 7. The van der Waals surface area contributed by atoms with Crippen LogP contribution in [0, 0.1) is 6.92 Å². The van der Waals surface area contributed by atoms with Gasteiger partial charge >= 0.3 is 0 Å². The monoisotopic (exact) mass is 411 g/mol. The maximum atomic E-state index is 12.1. The molecule has 0 fully saturated rings. The minimum absolute atomic E-state index is 0.0508. The van der Waals surface area contributed by atoms with Gasteiger partial charge in [-0.05, 0) is 26.0 Å². The van der Waals surface area contributed by atoms with Gasteiger partial charge in [-0.2, -0.15) is 5.10 Å². The number of thioether (sulfide) groups is 1. The van der Waals surface area contributed by atoms with E-state index in [2.05, 4.69) is 20.7 Å². The smallest absolute Gasteiger partial charge is 0.250 e. The van der Waals surface area contributed by atoms with Gasteiger partial charge in [0.1, 0.15) is 11.5 Å². The second-order valence-electron chi connectivity index (χ2n) is 6.24. The van der Waals surface area contributed by atoms with Gasteiger partial charge in [0.05, 0.1) is 12.0 Å². The minimum atomic E-state index is -0.313. The minimum Gasteiger partial charge on any atom is -0.508 e. The highest BCUT2D eigenvalue weighted by atomic mass is 32.2. The fraction of sp³-hybridized carbons (Fsp3) is 0.200. The molecule has 0 radical (unpaired) electrons. The van der Waals surface area contributed by atoms with Crippen LogP contribution in [0.3, 0.4) is 0 Å². The molecule has 3 N–H and O–H groups in total. The number of hydrogen-bond acceptors (Lipinski definition) is 7. The van der Waals surface area contributed by atoms with Crippen molar-refractivity contribution in [2.24, 2.45) is 5.10 Å². The first-order chi connectivity index (χ1) is 14.0. The Labute approximate surface area is 172 Å². The van der Waals surface area contributed by atoms with Gasteiger partial charge in [-0.1, -0.05) is 41.6 Å². The van der Waals surface area contributed by atoms with Crippen LogP contribution in [0.1, 0.15) is 18.1 Å². The highest BCUT2D eigenvalue weighted by Crippen LogP contribution is 2.24. The van der Waals surface area contributed by atoms with Crippen molar-refractivity contribution >= 4 is 23.9 Å². The molecule has 2 aromatic carbocycles. The molecule has 0 aliphatic heterocycles. The van der Waals surface area contributed by atoms with Crippen molar-refractivity contribution in [1.82, 2.24) is 20.2 Å². The molecular weight excluding hydrogens is 390 g/mol. The van der Waals surface area contributed by atoms with Gasteiger partial charge in [0.25, 0.3) is 5.91 Å². The van der Waals surface area contributed by atoms with Crippen molar-refractivity contribution in [2.45, 2.75) is 25.5 Å². The predicted molar refractivity (Wildman–Crippen MR) is 112 cm³/mol. The number of phenols is 2. The van der Waals surface area contributed by atoms with E-state index in [4.69, 9.17) is 0 Å². The number of phenolic OH excluding ortho intramolecular Hbond substituents is 2. The average molecular weight is 411 g/mol. The van der Waals surface area contributed by atoms with E-state index in [1.807, 2.05) is 42.7 Å². The Kier molecular flexibility index (Phi) is 6.50. The molecule has 0 bridgehead atoms. The maximum absolute atomic E-state index is 12.1. The van der Waals surface area contributed by atoms with Crippen LogP contribution in [0.25, 0.3) is 11.4 Å². The molecule has 0 unspecified atom stereocenters. The lowest BCUT2D eigenvalue weighted by atomic mass is 10.1. The molecular formula is C20H21N5O3S. The number of nitrogens with zero attached hydrogens (tertiary/aromatic N) is 4. The molecule has 1 amide bonds. The number of nitrogens with one attached hydrogen (secondary N) is 1. The summed E-state index contributed by atoms with van der Waals surface area (Å²) in [5.74, 6) is 0.385. The first-order valence-electron chi connectivity index (χ1n) is 8.95. The van der Waals surface area contributed by atoms with E-state index < -0.39 is 0 Å². The molecule has 0 aliphatic rings. The fourth-order valence-electron chi connectivity index (χ4n) is 2.57. The van der Waals surface area contributed by atoms with Crippen LogP contribution in [0.2, 0.25) is 0 Å². The van der Waals surface area contributed by atoms with Gasteiger partial charge in [0.2, 0.25) is 0 Å². The summed E-state index contributed by atoms with van der Waals surface area (Å²) >= 11 is 1.27. The highest BCUT2D eigenvalue weighted by molar-refractivity contribution is 7.99. The Bertz CT molecular complexity index is 1030. The summed E-state index contributed by atoms with van der Waals surface area (Å²) in [6.07, 6.45) is 1.31. The van der Waals surface area contributed by atoms with Crippen LogP contribution in [0.15, 0.2) is 52.7 Å². The second-order valence-corrected chi connectivity index (χ2v) is 7.18. The molecule has 0 saturated carbocycles. The zero-order chi connectivity index (χ0) is 20.8. The Morgan fingerprint density at radius 3 is 2.66 bits per heavy atom. The van der Waals surface area contributed by atoms with Crippen LogP contribution in [0.4, 0.5) is 0 Å². The SMILES string of the molecule is CCn1c(SCC(=O)NN=Cc2ccc(O)cc2O)nnc1-c1ccc(C)cc1. The van der Waals surface area contributed by atoms with Gasteiger partial charge in [-0.15, -0.1) is 10.2 Å². The number of aromatic hydroxyl groups is 2. The molecule has 8 nitrogen and oxygen atoms in total. The van der Waals surface area contributed by atoms with Gasteiger partial charge in [0.15, 0.2) is 11.0 Å². The van der Waals surface area contributed by atoms with Gasteiger partial charge in [-0.25, -0.2) is 5.43 Å². The highest BCUT2D eigenvalue weighted by Gasteiger charge is 2.14. The molecule has 0 saturated heterocycles. The van der Waals surface area contributed by atoms with Gasteiger partial charge in [-0.3, -0.25) is 4.79 Å². The van der Waals surface area contributed by atoms with E-state index >= 15 is 0 Å². The van der Waals surface area contributed by atoms with Crippen LogP contribution in [-0.4, -0.2) is 42.9 Å². The molecule has 29 heavy (non-hydrogen) atoms. The van der Waals surface area contributed by atoms with Gasteiger partial charge < -0.3 is 14.8 Å². The topological polar surface area (TPSA) is 113 Å². The summed E-state index contributed by atoms with van der Waals surface area (Å²) in [7, 11) is 0. The molecule has 150 valence electrons. The maximum Gasteiger partial charge on any atom is 0.250 e. The van der Waals surface area contributed by atoms with Crippen molar-refractivity contribution in [3.05, 3.63) is 53.6 Å². The lowest BCUT2D eigenvalue weighted by molar-refractivity contribution is -0.118. The molecule has 3 aromatic rings. The molecule has 3 rings (SSSR count). The molecule has 0 atom stereocenters. The number of benzene rings is 2. The van der Waals surface area contributed by atoms with E-state index in [0.29, 0.717) is 17.3 Å². The van der Waals surface area contributed by atoms with Crippen LogP contribution in [-0.2, 0) is 11.3 Å². The standard InChI is InChI=1S/C20H21N5O3S/c1-3-25-19(14-6-4-13(2)5-7-14)23-24-20(25)29-12-18(28)22-21-11-15-8-9-16(26)10-17(15)27/h4-11,26-27H,3,12H2,1-2H3,(H,22,28). The third kappa shape index (κ3) is 5.14. The molecule has 1 heterocycles. The average Bonchev–Trinajstić information content (AvgIpc) is 3.11. The lowest BCUT2D eigenvalue weighted by Gasteiger charge is -2.07. The van der Waals surface area contributed by atoms with Crippen LogP contribution < -0.4 is 5.43 Å². The first kappa shape index (κ1) is 20.4. The predicted octanol–water partition coefficient (Wildman–Crippen LogP) is 2.93. The third-order valence-corrected chi connectivity index (χ3v) is 5.05. The zero-order valence-corrected chi connectivity index (χ0v) is 16.8. The summed E-state index contributed by atoms with van der Waals surface area (Å²) in [5.41, 5.74) is 4.92. The molecule has 0 spiro atoms. The molecule has 1 aromatic heterocycles. The molecule has 9 heteroatoms. The van der Waals surface area contributed by atoms with Crippen LogP contribution >= 0.6 is 11.8 Å². The van der Waals surface area contributed by atoms with Crippen molar-refractivity contribution in [3.8, 4) is 22.9 Å². The van der Waals surface area contributed by atoms with Crippen molar-refractivity contribution in [1.29, 1.82) is 0 Å². The van der Waals surface area contributed by atoms with E-state index in [-0.39, 0.29) is 23.2 Å². The Morgan fingerprint density at radius 1 is 1.21 bits per heavy atom. The fourth-order valence-corrected chi connectivity index (χ4v) is 3.37. The van der Waals surface area contributed by atoms with E-state index in [1.54, 1.807) is 0 Å². The van der Waals surface area contributed by atoms with E-state index in [9.17, 15) is 15.0 Å². The Balaban J connectivity index is 1.60. The van der Waals surface area contributed by atoms with Crippen LogP contribution in [0.5, 0.6) is 11.5 Å². The third-order valence-electron chi connectivity index (χ3n) is 4.08.